The Morgan fingerprint density at radius 1 is 0.923 bits per heavy atom. The van der Waals surface area contributed by atoms with E-state index in [9.17, 15) is 4.79 Å². The second-order valence-corrected chi connectivity index (χ2v) is 6.91. The summed E-state index contributed by atoms with van der Waals surface area (Å²) in [5.74, 6) is 0.833. The van der Waals surface area contributed by atoms with Crippen molar-refractivity contribution in [2.75, 3.05) is 39.2 Å². The van der Waals surface area contributed by atoms with Crippen LogP contribution in [0.3, 0.4) is 0 Å². The first kappa shape index (κ1) is 22.3. The van der Waals surface area contributed by atoms with Gasteiger partial charge in [-0.1, -0.05) is 51.9 Å². The van der Waals surface area contributed by atoms with E-state index in [1.807, 2.05) is 43.3 Å². The Hall–Kier alpha value is -1.75. The first-order valence-electron chi connectivity index (χ1n) is 9.93. The molecule has 0 aliphatic heterocycles. The number of likely N-dealkylation sites (N-methyl/N-ethyl adjacent to an activating group) is 1. The lowest BCUT2D eigenvalue weighted by atomic mass is 10.1. The number of carbonyl (C=O) groups excluding carboxylic acids is 1. The molecule has 0 saturated heterocycles. The Balaban J connectivity index is 2.10. The highest BCUT2D eigenvalue weighted by Gasteiger charge is 2.03. The molecular weight excluding hydrogens is 328 g/mol. The Labute approximate surface area is 159 Å². The minimum absolute atomic E-state index is 0.374. The van der Waals surface area contributed by atoms with Crippen molar-refractivity contribution in [1.29, 1.82) is 0 Å². The van der Waals surface area contributed by atoms with Crippen LogP contribution in [-0.4, -0.2) is 44.8 Å². The zero-order valence-electron chi connectivity index (χ0n) is 16.8. The topological polar surface area (TPSA) is 50.8 Å². The lowest BCUT2D eigenvalue weighted by Crippen LogP contribution is -2.22. The van der Waals surface area contributed by atoms with Crippen molar-refractivity contribution >= 4 is 11.8 Å². The molecule has 0 radical (unpaired) electrons. The van der Waals surface area contributed by atoms with Gasteiger partial charge in [-0.25, -0.2) is 4.79 Å². The fraction of sp³-hybridized carbons (Fsp3) is 0.667. The molecule has 0 aliphatic carbocycles. The number of rotatable bonds is 14. The molecule has 1 N–H and O–H groups in total. The number of amides is 1. The summed E-state index contributed by atoms with van der Waals surface area (Å²) in [6, 6.07) is 7.41. The van der Waals surface area contributed by atoms with Crippen LogP contribution < -0.4 is 10.1 Å². The first-order chi connectivity index (χ1) is 12.6. The molecule has 5 nitrogen and oxygen atoms in total. The predicted octanol–water partition coefficient (Wildman–Crippen LogP) is 5.32. The normalized spacial score (nSPS) is 10.8. The third kappa shape index (κ3) is 11.7. The van der Waals surface area contributed by atoms with Crippen LogP contribution in [-0.2, 0) is 4.74 Å². The lowest BCUT2D eigenvalue weighted by molar-refractivity contribution is 0.151. The maximum Gasteiger partial charge on any atom is 0.411 e. The van der Waals surface area contributed by atoms with E-state index in [2.05, 4.69) is 12.2 Å². The number of nitrogens with one attached hydrogen (secondary N) is 1. The van der Waals surface area contributed by atoms with Gasteiger partial charge < -0.3 is 14.4 Å². The molecule has 0 fully saturated rings. The standard InChI is InChI=1S/C21H36N2O3/c1-4-5-6-7-8-9-10-11-17-25-20-14-12-19(13-15-20)22-21(24)26-18-16-23(2)3/h12-15H,4-11,16-18H2,1-3H3,(H,22,24). The van der Waals surface area contributed by atoms with E-state index in [-0.39, 0.29) is 0 Å². The minimum atomic E-state index is -0.431. The summed E-state index contributed by atoms with van der Waals surface area (Å²) in [6.07, 6.45) is 9.92. The fourth-order valence-corrected chi connectivity index (χ4v) is 2.54. The highest BCUT2D eigenvalue weighted by Crippen LogP contribution is 2.16. The van der Waals surface area contributed by atoms with E-state index in [1.165, 1.54) is 44.9 Å². The molecule has 0 atom stereocenters. The highest BCUT2D eigenvalue weighted by molar-refractivity contribution is 5.84. The third-order valence-electron chi connectivity index (χ3n) is 4.14. The SMILES string of the molecule is CCCCCCCCCCOc1ccc(NC(=O)OCCN(C)C)cc1. The lowest BCUT2D eigenvalue weighted by Gasteiger charge is -2.11. The van der Waals surface area contributed by atoms with Gasteiger partial charge in [0.2, 0.25) is 0 Å². The molecule has 0 spiro atoms. The van der Waals surface area contributed by atoms with Crippen molar-refractivity contribution in [2.24, 2.45) is 0 Å². The van der Waals surface area contributed by atoms with Gasteiger partial charge in [0.05, 0.1) is 6.61 Å². The van der Waals surface area contributed by atoms with Crippen LogP contribution in [0.15, 0.2) is 24.3 Å². The smallest absolute Gasteiger partial charge is 0.411 e. The summed E-state index contributed by atoms with van der Waals surface area (Å²) in [4.78, 5) is 13.6. The van der Waals surface area contributed by atoms with E-state index >= 15 is 0 Å². The Morgan fingerprint density at radius 2 is 1.54 bits per heavy atom. The van der Waals surface area contributed by atoms with E-state index in [4.69, 9.17) is 9.47 Å². The van der Waals surface area contributed by atoms with Crippen LogP contribution in [0.2, 0.25) is 0 Å². The van der Waals surface area contributed by atoms with Gasteiger partial charge in [0.15, 0.2) is 0 Å². The average Bonchev–Trinajstić information content (AvgIpc) is 2.61. The van der Waals surface area contributed by atoms with Crippen LogP contribution >= 0.6 is 0 Å². The molecule has 0 aromatic heterocycles. The van der Waals surface area contributed by atoms with E-state index < -0.39 is 6.09 Å². The van der Waals surface area contributed by atoms with E-state index in [0.717, 1.165) is 18.8 Å². The second-order valence-electron chi connectivity index (χ2n) is 6.91. The molecule has 0 aliphatic rings. The molecule has 0 saturated carbocycles. The maximum absolute atomic E-state index is 11.7. The molecule has 1 aromatic carbocycles. The summed E-state index contributed by atoms with van der Waals surface area (Å²) in [5.41, 5.74) is 0.708. The van der Waals surface area contributed by atoms with Gasteiger partial charge in [-0.3, -0.25) is 5.32 Å². The molecule has 148 valence electrons. The van der Waals surface area contributed by atoms with Crippen LogP contribution in [0.1, 0.15) is 58.3 Å². The molecule has 1 rings (SSSR count). The summed E-state index contributed by atoms with van der Waals surface area (Å²) >= 11 is 0. The Morgan fingerprint density at radius 3 is 2.15 bits per heavy atom. The predicted molar refractivity (Wildman–Crippen MR) is 108 cm³/mol. The number of nitrogens with zero attached hydrogens (tertiary/aromatic N) is 1. The number of benzene rings is 1. The van der Waals surface area contributed by atoms with Crippen molar-refractivity contribution in [1.82, 2.24) is 4.90 Å². The molecule has 0 unspecified atom stereocenters. The number of unbranched alkanes of at least 4 members (excludes halogenated alkanes) is 7. The quantitative estimate of drug-likeness (QED) is 0.454. The van der Waals surface area contributed by atoms with E-state index in [0.29, 0.717) is 18.8 Å². The zero-order chi connectivity index (χ0) is 19.0. The minimum Gasteiger partial charge on any atom is -0.494 e. The van der Waals surface area contributed by atoms with Crippen LogP contribution in [0.25, 0.3) is 0 Å². The van der Waals surface area contributed by atoms with E-state index in [1.54, 1.807) is 0 Å². The third-order valence-corrected chi connectivity index (χ3v) is 4.14. The summed E-state index contributed by atoms with van der Waals surface area (Å²) < 4.78 is 10.9. The molecule has 1 aromatic rings. The van der Waals surface area contributed by atoms with Gasteiger partial charge in [0, 0.05) is 12.2 Å². The molecule has 0 bridgehead atoms. The first-order valence-corrected chi connectivity index (χ1v) is 9.93. The van der Waals surface area contributed by atoms with Gasteiger partial charge in [-0.05, 0) is 44.8 Å². The van der Waals surface area contributed by atoms with Gasteiger partial charge in [0.1, 0.15) is 12.4 Å². The molecule has 1 amide bonds. The molecule has 5 heteroatoms. The monoisotopic (exact) mass is 364 g/mol. The van der Waals surface area contributed by atoms with Gasteiger partial charge in [-0.2, -0.15) is 0 Å². The van der Waals surface area contributed by atoms with Crippen molar-refractivity contribution in [3.63, 3.8) is 0 Å². The van der Waals surface area contributed by atoms with Gasteiger partial charge >= 0.3 is 6.09 Å². The molecule has 0 heterocycles. The highest BCUT2D eigenvalue weighted by atomic mass is 16.5. The maximum atomic E-state index is 11.7. The van der Waals surface area contributed by atoms with Gasteiger partial charge in [-0.15, -0.1) is 0 Å². The van der Waals surface area contributed by atoms with Crippen LogP contribution in [0.5, 0.6) is 5.75 Å². The number of hydrogen-bond acceptors (Lipinski definition) is 4. The average molecular weight is 365 g/mol. The number of ether oxygens (including phenoxy) is 2. The fourth-order valence-electron chi connectivity index (χ4n) is 2.54. The van der Waals surface area contributed by atoms with Crippen molar-refractivity contribution < 1.29 is 14.3 Å². The number of anilines is 1. The summed E-state index contributed by atoms with van der Waals surface area (Å²) in [7, 11) is 3.88. The van der Waals surface area contributed by atoms with Crippen molar-refractivity contribution in [2.45, 2.75) is 58.3 Å². The Bertz CT molecular complexity index is 475. The second kappa shape index (κ2) is 14.4. The Kier molecular flexibility index (Phi) is 12.4. The number of carbonyl (C=O) groups is 1. The van der Waals surface area contributed by atoms with Crippen molar-refractivity contribution in [3.8, 4) is 5.75 Å². The summed E-state index contributed by atoms with van der Waals surface area (Å²) in [6.45, 7) is 4.07. The largest absolute Gasteiger partial charge is 0.494 e. The molecular formula is C21H36N2O3. The van der Waals surface area contributed by atoms with Crippen LogP contribution in [0, 0.1) is 0 Å². The van der Waals surface area contributed by atoms with Crippen molar-refractivity contribution in [3.05, 3.63) is 24.3 Å². The molecule has 26 heavy (non-hydrogen) atoms. The van der Waals surface area contributed by atoms with Crippen LogP contribution in [0.4, 0.5) is 10.5 Å². The summed E-state index contributed by atoms with van der Waals surface area (Å²) in [5, 5.41) is 2.71. The zero-order valence-corrected chi connectivity index (χ0v) is 16.8. The number of hydrogen-bond donors (Lipinski definition) is 1. The van der Waals surface area contributed by atoms with Gasteiger partial charge in [0.25, 0.3) is 0 Å².